The summed E-state index contributed by atoms with van der Waals surface area (Å²) in [6.07, 6.45) is 4.17. The number of nitriles is 1. The summed E-state index contributed by atoms with van der Waals surface area (Å²) in [5, 5.41) is 9.50. The van der Waals surface area contributed by atoms with Crippen molar-refractivity contribution in [2.24, 2.45) is 0 Å². The Balaban J connectivity index is 1.90. The highest BCUT2D eigenvalue weighted by atomic mass is 32.1. The number of hydrogen-bond donors (Lipinski definition) is 1. The average molecular weight is 318 g/mol. The molecule has 2 aliphatic rings. The summed E-state index contributed by atoms with van der Waals surface area (Å²) in [6, 6.07) is 2.30. The Hall–Kier alpha value is -1.42. The summed E-state index contributed by atoms with van der Waals surface area (Å²) >= 11 is 5.67. The number of pyridine rings is 1. The lowest BCUT2D eigenvalue weighted by Crippen LogP contribution is -2.38. The molecule has 5 nitrogen and oxygen atoms in total. The monoisotopic (exact) mass is 318 g/mol. The molecule has 0 amide bonds. The van der Waals surface area contributed by atoms with E-state index in [1.807, 2.05) is 4.57 Å². The number of nitrogens with two attached hydrogens (primary N) is 1. The lowest BCUT2D eigenvalue weighted by molar-refractivity contribution is 0.0364. The molecule has 1 aromatic heterocycles. The van der Waals surface area contributed by atoms with Crippen molar-refractivity contribution in [2.75, 3.05) is 38.6 Å². The third kappa shape index (κ3) is 2.89. The first-order valence-electron chi connectivity index (χ1n) is 7.96. The highest BCUT2D eigenvalue weighted by molar-refractivity contribution is 7.71. The van der Waals surface area contributed by atoms with Crippen LogP contribution >= 0.6 is 12.2 Å². The lowest BCUT2D eigenvalue weighted by atomic mass is 9.90. The molecule has 0 saturated carbocycles. The molecule has 6 heteroatoms. The van der Waals surface area contributed by atoms with Crippen molar-refractivity contribution in [1.29, 1.82) is 5.26 Å². The highest BCUT2D eigenvalue weighted by Crippen LogP contribution is 2.29. The van der Waals surface area contributed by atoms with E-state index < -0.39 is 0 Å². The minimum absolute atomic E-state index is 0.543. The van der Waals surface area contributed by atoms with Crippen LogP contribution in [-0.4, -0.2) is 42.3 Å². The van der Waals surface area contributed by atoms with Gasteiger partial charge in [-0.3, -0.25) is 4.90 Å². The van der Waals surface area contributed by atoms with Crippen molar-refractivity contribution < 1.29 is 4.74 Å². The van der Waals surface area contributed by atoms with Gasteiger partial charge < -0.3 is 15.0 Å². The molecule has 118 valence electrons. The molecule has 1 aliphatic carbocycles. The van der Waals surface area contributed by atoms with E-state index in [0.717, 1.165) is 75.3 Å². The smallest absolute Gasteiger partial charge is 0.122 e. The van der Waals surface area contributed by atoms with Gasteiger partial charge in [-0.25, -0.2) is 0 Å². The number of nitrogens with zero attached hydrogens (tertiary/aromatic N) is 3. The van der Waals surface area contributed by atoms with Crippen LogP contribution in [0.5, 0.6) is 0 Å². The van der Waals surface area contributed by atoms with E-state index in [4.69, 9.17) is 22.7 Å². The number of rotatable bonds is 3. The molecule has 1 aromatic rings. The van der Waals surface area contributed by atoms with Gasteiger partial charge in [0.1, 0.15) is 16.5 Å². The molecule has 0 unspecified atom stereocenters. The molecule has 0 bridgehead atoms. The zero-order chi connectivity index (χ0) is 15.5. The highest BCUT2D eigenvalue weighted by Gasteiger charge is 2.21. The molecular formula is C16H22N4OS. The third-order valence-electron chi connectivity index (χ3n) is 4.68. The van der Waals surface area contributed by atoms with E-state index in [1.165, 1.54) is 5.56 Å². The van der Waals surface area contributed by atoms with Gasteiger partial charge in [-0.05, 0) is 36.8 Å². The SMILES string of the molecule is N#Cc1c2c(c(=S)n(CCN3CCOCC3)c1N)CCCC2. The van der Waals surface area contributed by atoms with E-state index in [0.29, 0.717) is 11.4 Å². The lowest BCUT2D eigenvalue weighted by Gasteiger charge is -2.28. The molecule has 3 rings (SSSR count). The molecule has 22 heavy (non-hydrogen) atoms. The fourth-order valence-corrected chi connectivity index (χ4v) is 3.81. The maximum Gasteiger partial charge on any atom is 0.122 e. The van der Waals surface area contributed by atoms with Crippen molar-refractivity contribution in [1.82, 2.24) is 9.47 Å². The van der Waals surface area contributed by atoms with Crippen LogP contribution < -0.4 is 5.73 Å². The summed E-state index contributed by atoms with van der Waals surface area (Å²) in [5.41, 5.74) is 9.18. The minimum atomic E-state index is 0.543. The first-order chi connectivity index (χ1) is 10.7. The molecule has 0 atom stereocenters. The summed E-state index contributed by atoms with van der Waals surface area (Å²) in [7, 11) is 0. The van der Waals surface area contributed by atoms with Gasteiger partial charge in [0.2, 0.25) is 0 Å². The van der Waals surface area contributed by atoms with Gasteiger partial charge in [0.25, 0.3) is 0 Å². The summed E-state index contributed by atoms with van der Waals surface area (Å²) in [5.74, 6) is 0.543. The van der Waals surface area contributed by atoms with Crippen molar-refractivity contribution in [3.8, 4) is 6.07 Å². The number of anilines is 1. The van der Waals surface area contributed by atoms with E-state index in [-0.39, 0.29) is 0 Å². The molecule has 0 aromatic carbocycles. The second-order valence-electron chi connectivity index (χ2n) is 5.95. The van der Waals surface area contributed by atoms with Gasteiger partial charge >= 0.3 is 0 Å². The Morgan fingerprint density at radius 2 is 1.82 bits per heavy atom. The number of hydrogen-bond acceptors (Lipinski definition) is 5. The third-order valence-corrected chi connectivity index (χ3v) is 5.14. The summed E-state index contributed by atoms with van der Waals surface area (Å²) in [4.78, 5) is 2.36. The van der Waals surface area contributed by atoms with Gasteiger partial charge in [0.05, 0.1) is 18.8 Å². The normalized spacial score (nSPS) is 18.7. The topological polar surface area (TPSA) is 67.2 Å². The van der Waals surface area contributed by atoms with E-state index in [1.54, 1.807) is 0 Å². The van der Waals surface area contributed by atoms with Crippen LogP contribution in [0.4, 0.5) is 5.82 Å². The largest absolute Gasteiger partial charge is 0.384 e. The van der Waals surface area contributed by atoms with Gasteiger partial charge in [0.15, 0.2) is 0 Å². The molecular weight excluding hydrogens is 296 g/mol. The molecule has 0 radical (unpaired) electrons. The summed E-state index contributed by atoms with van der Waals surface area (Å²) < 4.78 is 8.17. The molecule has 0 spiro atoms. The van der Waals surface area contributed by atoms with E-state index >= 15 is 0 Å². The van der Waals surface area contributed by atoms with Crippen molar-refractivity contribution >= 4 is 18.0 Å². The Labute approximate surface area is 136 Å². The van der Waals surface area contributed by atoms with Crippen LogP contribution in [-0.2, 0) is 24.1 Å². The Morgan fingerprint density at radius 3 is 2.50 bits per heavy atom. The molecule has 1 aliphatic heterocycles. The van der Waals surface area contributed by atoms with E-state index in [2.05, 4.69) is 11.0 Å². The number of fused-ring (bicyclic) bond motifs is 1. The van der Waals surface area contributed by atoms with Crippen LogP contribution in [0.1, 0.15) is 29.5 Å². The van der Waals surface area contributed by atoms with Crippen LogP contribution in [0.3, 0.4) is 0 Å². The fourth-order valence-electron chi connectivity index (χ4n) is 3.39. The van der Waals surface area contributed by atoms with Gasteiger partial charge in [0, 0.05) is 26.2 Å². The maximum absolute atomic E-state index is 9.50. The van der Waals surface area contributed by atoms with E-state index in [9.17, 15) is 5.26 Å². The Bertz CT molecular complexity index is 656. The van der Waals surface area contributed by atoms with Crippen LogP contribution in [0.15, 0.2) is 0 Å². The van der Waals surface area contributed by atoms with Crippen molar-refractivity contribution in [3.05, 3.63) is 21.3 Å². The first kappa shape index (κ1) is 15.5. The predicted molar refractivity (Wildman–Crippen MR) is 88.3 cm³/mol. The van der Waals surface area contributed by atoms with Crippen LogP contribution in [0, 0.1) is 16.0 Å². The van der Waals surface area contributed by atoms with Crippen LogP contribution in [0.25, 0.3) is 0 Å². The average Bonchev–Trinajstić information content (AvgIpc) is 2.56. The number of ether oxygens (including phenoxy) is 1. The van der Waals surface area contributed by atoms with Crippen molar-refractivity contribution in [2.45, 2.75) is 32.2 Å². The van der Waals surface area contributed by atoms with Gasteiger partial charge in [-0.1, -0.05) is 12.2 Å². The molecule has 1 fully saturated rings. The standard InChI is InChI=1S/C16H22N4OS/c17-11-14-12-3-1-2-4-13(12)16(22)20(15(14)18)6-5-19-7-9-21-10-8-19/h1-10,18H2. The zero-order valence-corrected chi connectivity index (χ0v) is 13.6. The van der Waals surface area contributed by atoms with Gasteiger partial charge in [-0.2, -0.15) is 5.26 Å². The zero-order valence-electron chi connectivity index (χ0n) is 12.8. The number of nitrogen functional groups attached to an aromatic ring is 1. The number of aromatic nitrogens is 1. The first-order valence-corrected chi connectivity index (χ1v) is 8.37. The predicted octanol–water partition coefficient (Wildman–Crippen LogP) is 1.88. The molecule has 2 heterocycles. The molecule has 1 saturated heterocycles. The summed E-state index contributed by atoms with van der Waals surface area (Å²) in [6.45, 7) is 5.10. The van der Waals surface area contributed by atoms with Crippen molar-refractivity contribution in [3.63, 3.8) is 0 Å². The maximum atomic E-state index is 9.50. The second kappa shape index (κ2) is 6.78. The Morgan fingerprint density at radius 1 is 1.14 bits per heavy atom. The van der Waals surface area contributed by atoms with Crippen LogP contribution in [0.2, 0.25) is 0 Å². The Kier molecular flexibility index (Phi) is 4.77. The number of morpholine rings is 1. The molecule has 2 N–H and O–H groups in total. The van der Waals surface area contributed by atoms with Gasteiger partial charge in [-0.15, -0.1) is 0 Å². The minimum Gasteiger partial charge on any atom is -0.384 e. The quantitative estimate of drug-likeness (QED) is 0.862. The second-order valence-corrected chi connectivity index (χ2v) is 6.33. The fraction of sp³-hybridized carbons (Fsp3) is 0.625.